The fourth-order valence-electron chi connectivity index (χ4n) is 7.17. The van der Waals surface area contributed by atoms with Crippen molar-refractivity contribution in [3.05, 3.63) is 24.0 Å². The largest absolute Gasteiger partial charge is 0.486 e. The molecule has 3 saturated carbocycles. The summed E-state index contributed by atoms with van der Waals surface area (Å²) in [6.45, 7) is 11.9. The molecule has 4 bridgehead atoms. The zero-order chi connectivity index (χ0) is 19.9. The van der Waals surface area contributed by atoms with Crippen LogP contribution in [-0.4, -0.2) is 23.4 Å². The van der Waals surface area contributed by atoms with Crippen molar-refractivity contribution in [1.29, 1.82) is 0 Å². The molecular formula is C25H36O2S. The number of allylic oxidation sites excluding steroid dienone is 4. The molecule has 0 N–H and O–H groups in total. The third-order valence-corrected chi connectivity index (χ3v) is 10.7. The van der Waals surface area contributed by atoms with Crippen LogP contribution < -0.4 is 0 Å². The van der Waals surface area contributed by atoms with Gasteiger partial charge in [0, 0.05) is 17.1 Å². The van der Waals surface area contributed by atoms with Crippen LogP contribution in [0.3, 0.4) is 0 Å². The van der Waals surface area contributed by atoms with Gasteiger partial charge in [0.2, 0.25) is 5.78 Å². The molecule has 0 aromatic heterocycles. The Bertz CT molecular complexity index is 742. The molecule has 5 rings (SSSR count). The Morgan fingerprint density at radius 2 is 1.93 bits per heavy atom. The standard InChI is InChI=1S/C25H36O2S/c1-23(2,3)13-28-14-25-9-8-17(24(25,4)5)11-20(25)27-19-12-18-15-6-7-16(10-15)21(18)22(19)26/h6-7,12,15-18,20-21H,8-11,13-14H2,1-5H3/t15-,16+,17-,18+,20-,21-,25-/m1/s1. The molecule has 28 heavy (non-hydrogen) atoms. The van der Waals surface area contributed by atoms with Gasteiger partial charge < -0.3 is 4.74 Å². The van der Waals surface area contributed by atoms with Gasteiger partial charge in [0.05, 0.1) is 0 Å². The minimum Gasteiger partial charge on any atom is -0.486 e. The van der Waals surface area contributed by atoms with Crippen LogP contribution in [0, 0.1) is 45.8 Å². The Morgan fingerprint density at radius 1 is 1.18 bits per heavy atom. The molecule has 0 saturated heterocycles. The summed E-state index contributed by atoms with van der Waals surface area (Å²) in [5, 5.41) is 0. The van der Waals surface area contributed by atoms with Gasteiger partial charge in [0.1, 0.15) is 6.10 Å². The third-order valence-electron chi connectivity index (χ3n) is 8.93. The van der Waals surface area contributed by atoms with Gasteiger partial charge in [-0.25, -0.2) is 0 Å². The number of carbonyl (C=O) groups excluding carboxylic acids is 1. The van der Waals surface area contributed by atoms with Crippen molar-refractivity contribution in [2.75, 3.05) is 11.5 Å². The summed E-state index contributed by atoms with van der Waals surface area (Å²) >= 11 is 2.11. The highest BCUT2D eigenvalue weighted by atomic mass is 32.2. The molecule has 0 amide bonds. The number of hydrogen-bond acceptors (Lipinski definition) is 3. The lowest BCUT2D eigenvalue weighted by atomic mass is 9.69. The Kier molecular flexibility index (Phi) is 4.24. The maximum Gasteiger partial charge on any atom is 0.201 e. The van der Waals surface area contributed by atoms with Gasteiger partial charge in [-0.15, -0.1) is 0 Å². The summed E-state index contributed by atoms with van der Waals surface area (Å²) in [5.74, 6) is 5.76. The molecule has 0 spiro atoms. The zero-order valence-corrected chi connectivity index (χ0v) is 19.0. The van der Waals surface area contributed by atoms with Crippen molar-refractivity contribution in [3.63, 3.8) is 0 Å². The van der Waals surface area contributed by atoms with Gasteiger partial charge in [0.15, 0.2) is 5.76 Å². The number of fused-ring (bicyclic) bond motifs is 7. The minimum atomic E-state index is 0.183. The third kappa shape index (κ3) is 2.63. The van der Waals surface area contributed by atoms with Crippen molar-refractivity contribution in [3.8, 4) is 0 Å². The number of rotatable bonds is 5. The first-order valence-corrected chi connectivity index (χ1v) is 12.5. The van der Waals surface area contributed by atoms with Gasteiger partial charge in [-0.05, 0) is 72.0 Å². The Balaban J connectivity index is 1.35. The number of Topliss-reactive ketones (excluding diaryl/α,β-unsaturated/α-hetero) is 1. The van der Waals surface area contributed by atoms with Crippen LogP contribution in [0.15, 0.2) is 24.0 Å². The van der Waals surface area contributed by atoms with Crippen LogP contribution in [-0.2, 0) is 9.53 Å². The summed E-state index contributed by atoms with van der Waals surface area (Å²) in [6, 6.07) is 0. The number of hydrogen-bond donors (Lipinski definition) is 0. The first-order chi connectivity index (χ1) is 13.1. The fourth-order valence-corrected chi connectivity index (χ4v) is 8.95. The summed E-state index contributed by atoms with van der Waals surface area (Å²) in [6.07, 6.45) is 12.0. The molecule has 154 valence electrons. The maximum atomic E-state index is 13.1. The van der Waals surface area contributed by atoms with E-state index in [1.807, 2.05) is 0 Å². The molecule has 0 aliphatic heterocycles. The predicted octanol–water partition coefficient (Wildman–Crippen LogP) is 5.88. The second kappa shape index (κ2) is 6.15. The molecule has 0 heterocycles. The van der Waals surface area contributed by atoms with Gasteiger partial charge in [-0.3, -0.25) is 4.79 Å². The summed E-state index contributed by atoms with van der Waals surface area (Å²) in [7, 11) is 0. The fraction of sp³-hybridized carbons (Fsp3) is 0.800. The maximum absolute atomic E-state index is 13.1. The van der Waals surface area contributed by atoms with E-state index in [9.17, 15) is 4.79 Å². The van der Waals surface area contributed by atoms with E-state index < -0.39 is 0 Å². The van der Waals surface area contributed by atoms with E-state index in [0.29, 0.717) is 34.4 Å². The van der Waals surface area contributed by atoms with Crippen molar-refractivity contribution < 1.29 is 9.53 Å². The Morgan fingerprint density at radius 3 is 2.61 bits per heavy atom. The first-order valence-electron chi connectivity index (χ1n) is 11.3. The topological polar surface area (TPSA) is 26.3 Å². The Labute approximate surface area is 174 Å². The molecule has 0 aromatic rings. The van der Waals surface area contributed by atoms with Crippen molar-refractivity contribution >= 4 is 17.5 Å². The van der Waals surface area contributed by atoms with Crippen molar-refractivity contribution in [2.24, 2.45) is 45.8 Å². The van der Waals surface area contributed by atoms with Crippen LogP contribution in [0.2, 0.25) is 0 Å². The average Bonchev–Trinajstić information content (AvgIpc) is 3.35. The van der Waals surface area contributed by atoms with Gasteiger partial charge >= 0.3 is 0 Å². The Hall–Kier alpha value is -0.700. The van der Waals surface area contributed by atoms with E-state index in [1.54, 1.807) is 0 Å². The van der Waals surface area contributed by atoms with Gasteiger partial charge in [0.25, 0.3) is 0 Å². The van der Waals surface area contributed by atoms with Crippen molar-refractivity contribution in [2.45, 2.75) is 66.4 Å². The summed E-state index contributed by atoms with van der Waals surface area (Å²) in [4.78, 5) is 13.1. The van der Waals surface area contributed by atoms with E-state index >= 15 is 0 Å². The molecule has 0 radical (unpaired) electrons. The highest BCUT2D eigenvalue weighted by Crippen LogP contribution is 2.68. The highest BCUT2D eigenvalue weighted by Gasteiger charge is 2.65. The van der Waals surface area contributed by atoms with E-state index in [2.05, 4.69) is 64.6 Å². The lowest BCUT2D eigenvalue weighted by molar-refractivity contribution is -0.125. The smallest absolute Gasteiger partial charge is 0.201 e. The van der Waals surface area contributed by atoms with Crippen molar-refractivity contribution in [1.82, 2.24) is 0 Å². The highest BCUT2D eigenvalue weighted by molar-refractivity contribution is 7.99. The molecule has 0 aromatic carbocycles. The molecule has 3 fully saturated rings. The molecule has 2 nitrogen and oxygen atoms in total. The molecule has 7 atom stereocenters. The zero-order valence-electron chi connectivity index (χ0n) is 18.2. The molecule has 0 unspecified atom stereocenters. The van der Waals surface area contributed by atoms with Crippen LogP contribution in [0.4, 0.5) is 0 Å². The van der Waals surface area contributed by atoms with E-state index in [4.69, 9.17) is 4.74 Å². The number of thioether (sulfide) groups is 1. The van der Waals surface area contributed by atoms with Gasteiger partial charge in [-0.1, -0.05) is 46.8 Å². The van der Waals surface area contributed by atoms with Gasteiger partial charge in [-0.2, -0.15) is 11.8 Å². The lowest BCUT2D eigenvalue weighted by Gasteiger charge is -2.42. The molecule has 3 heteroatoms. The quantitative estimate of drug-likeness (QED) is 0.539. The van der Waals surface area contributed by atoms with E-state index in [0.717, 1.165) is 18.1 Å². The van der Waals surface area contributed by atoms with Crippen LogP contribution in [0.5, 0.6) is 0 Å². The average molecular weight is 401 g/mol. The molecule has 5 aliphatic rings. The van der Waals surface area contributed by atoms with E-state index in [-0.39, 0.29) is 17.4 Å². The minimum absolute atomic E-state index is 0.183. The normalized spacial score (nSPS) is 45.0. The SMILES string of the molecule is CC(C)(C)CSC[C@]12CC[C@H](C[C@H]1OC1=C[C@@H]3[C@H](C1=O)[C@H]1C=C[C@@H]3C1)C2(C)C. The lowest BCUT2D eigenvalue weighted by Crippen LogP contribution is -2.43. The number of carbonyl (C=O) groups is 1. The second-order valence-electron chi connectivity index (χ2n) is 12.0. The monoisotopic (exact) mass is 400 g/mol. The first kappa shape index (κ1) is 19.3. The number of ether oxygens (including phenoxy) is 1. The van der Waals surface area contributed by atoms with E-state index in [1.165, 1.54) is 30.8 Å². The van der Waals surface area contributed by atoms with Crippen LogP contribution >= 0.6 is 11.8 Å². The van der Waals surface area contributed by atoms with Crippen LogP contribution in [0.25, 0.3) is 0 Å². The molecular weight excluding hydrogens is 364 g/mol. The predicted molar refractivity (Wildman–Crippen MR) is 116 cm³/mol. The summed E-state index contributed by atoms with van der Waals surface area (Å²) in [5.41, 5.74) is 0.872. The summed E-state index contributed by atoms with van der Waals surface area (Å²) < 4.78 is 6.67. The number of ketones is 1. The van der Waals surface area contributed by atoms with Crippen LogP contribution in [0.1, 0.15) is 60.3 Å². The molecule has 5 aliphatic carbocycles. The second-order valence-corrected chi connectivity index (χ2v) is 12.9.